The fraction of sp³-hybridized carbons (Fsp3) is 0.500. The van der Waals surface area contributed by atoms with Crippen molar-refractivity contribution >= 4 is 0 Å². The fourth-order valence-electron chi connectivity index (χ4n) is 4.48. The van der Waals surface area contributed by atoms with Gasteiger partial charge in [0, 0.05) is 24.1 Å². The van der Waals surface area contributed by atoms with E-state index in [0.29, 0.717) is 37.0 Å². The molecule has 1 aliphatic carbocycles. The molecule has 0 fully saturated rings. The largest absolute Gasteiger partial charge is 0.486 e. The van der Waals surface area contributed by atoms with E-state index >= 15 is 0 Å². The number of benzene rings is 1. The average molecular weight is 366 g/mol. The summed E-state index contributed by atoms with van der Waals surface area (Å²) in [6.07, 6.45) is 8.97. The molecule has 1 N–H and O–H groups in total. The zero-order valence-corrected chi connectivity index (χ0v) is 16.7. The van der Waals surface area contributed by atoms with Crippen LogP contribution in [0.2, 0.25) is 0 Å². The van der Waals surface area contributed by atoms with Crippen LogP contribution < -0.4 is 5.32 Å². The van der Waals surface area contributed by atoms with Crippen molar-refractivity contribution in [2.75, 3.05) is 13.2 Å². The van der Waals surface area contributed by atoms with Crippen molar-refractivity contribution in [1.29, 1.82) is 0 Å². The van der Waals surface area contributed by atoms with Crippen LogP contribution in [-0.2, 0) is 16.0 Å². The summed E-state index contributed by atoms with van der Waals surface area (Å²) in [5, 5.41) is 3.78. The Morgan fingerprint density at radius 1 is 1.07 bits per heavy atom. The third kappa shape index (κ3) is 3.84. The third-order valence-corrected chi connectivity index (χ3v) is 6.00. The predicted octanol–water partition coefficient (Wildman–Crippen LogP) is 5.07. The maximum atomic E-state index is 6.16. The van der Waals surface area contributed by atoms with Crippen LogP contribution in [0.3, 0.4) is 0 Å². The fourth-order valence-corrected chi connectivity index (χ4v) is 4.48. The van der Waals surface area contributed by atoms with E-state index in [9.17, 15) is 0 Å². The Morgan fingerprint density at radius 2 is 1.89 bits per heavy atom. The molecule has 0 saturated carbocycles. The molecule has 144 valence electrons. The summed E-state index contributed by atoms with van der Waals surface area (Å²) >= 11 is 0. The van der Waals surface area contributed by atoms with Gasteiger partial charge in [-0.3, -0.25) is 0 Å². The van der Waals surface area contributed by atoms with E-state index < -0.39 is 0 Å². The van der Waals surface area contributed by atoms with E-state index in [0.717, 1.165) is 24.5 Å². The zero-order chi connectivity index (χ0) is 18.8. The average Bonchev–Trinajstić information content (AvgIpc) is 2.82. The van der Waals surface area contributed by atoms with Crippen molar-refractivity contribution in [2.45, 2.75) is 52.1 Å². The second-order valence-electron chi connectivity index (χ2n) is 8.29. The summed E-state index contributed by atoms with van der Waals surface area (Å²) in [4.78, 5) is 0. The molecule has 2 heterocycles. The Balaban J connectivity index is 1.78. The molecule has 27 heavy (non-hydrogen) atoms. The molecular weight excluding hydrogens is 334 g/mol. The molecule has 0 aromatic heterocycles. The van der Waals surface area contributed by atoms with Crippen molar-refractivity contribution in [2.24, 2.45) is 11.8 Å². The van der Waals surface area contributed by atoms with Gasteiger partial charge in [-0.05, 0) is 41.9 Å². The van der Waals surface area contributed by atoms with Gasteiger partial charge in [0.1, 0.15) is 13.2 Å². The lowest BCUT2D eigenvalue weighted by molar-refractivity contribution is 0.0731. The van der Waals surface area contributed by atoms with E-state index in [1.165, 1.54) is 23.1 Å². The lowest BCUT2D eigenvalue weighted by atomic mass is 9.79. The monoisotopic (exact) mass is 365 g/mol. The quantitative estimate of drug-likeness (QED) is 0.794. The summed E-state index contributed by atoms with van der Waals surface area (Å²) in [6, 6.07) is 9.43. The highest BCUT2D eigenvalue weighted by Gasteiger charge is 2.31. The van der Waals surface area contributed by atoms with Gasteiger partial charge in [-0.15, -0.1) is 0 Å². The Morgan fingerprint density at radius 3 is 2.74 bits per heavy atom. The maximum Gasteiger partial charge on any atom is 0.164 e. The lowest BCUT2D eigenvalue weighted by Gasteiger charge is -2.33. The molecule has 0 radical (unpaired) electrons. The molecule has 3 atom stereocenters. The van der Waals surface area contributed by atoms with E-state index in [-0.39, 0.29) is 0 Å². The number of allylic oxidation sites excluding steroid dienone is 4. The second kappa shape index (κ2) is 7.93. The Hall–Kier alpha value is -2.00. The van der Waals surface area contributed by atoms with Gasteiger partial charge in [-0.25, -0.2) is 0 Å². The predicted molar refractivity (Wildman–Crippen MR) is 109 cm³/mol. The first-order valence-corrected chi connectivity index (χ1v) is 10.3. The maximum absolute atomic E-state index is 6.16. The van der Waals surface area contributed by atoms with Crippen molar-refractivity contribution in [1.82, 2.24) is 5.32 Å². The van der Waals surface area contributed by atoms with Gasteiger partial charge in [-0.1, -0.05) is 57.2 Å². The topological polar surface area (TPSA) is 30.5 Å². The SMILES string of the molecule is CC1C=CC2=C(OCCO2)C(C2CCC(C(C)C)NCc3ccccc32)=C1. The van der Waals surface area contributed by atoms with Crippen LogP contribution in [0.1, 0.15) is 50.7 Å². The lowest BCUT2D eigenvalue weighted by Crippen LogP contribution is -2.36. The minimum atomic E-state index is 0.346. The van der Waals surface area contributed by atoms with Crippen molar-refractivity contribution in [3.05, 3.63) is 70.7 Å². The molecule has 3 heteroatoms. The van der Waals surface area contributed by atoms with Crippen molar-refractivity contribution in [3.63, 3.8) is 0 Å². The molecule has 3 unspecified atom stereocenters. The minimum absolute atomic E-state index is 0.346. The van der Waals surface area contributed by atoms with Crippen molar-refractivity contribution in [3.8, 4) is 0 Å². The molecule has 0 saturated heterocycles. The highest BCUT2D eigenvalue weighted by atomic mass is 16.6. The summed E-state index contributed by atoms with van der Waals surface area (Å²) < 4.78 is 12.1. The van der Waals surface area contributed by atoms with E-state index in [1.54, 1.807) is 0 Å². The zero-order valence-electron chi connectivity index (χ0n) is 16.7. The first-order valence-electron chi connectivity index (χ1n) is 10.3. The summed E-state index contributed by atoms with van der Waals surface area (Å²) in [5.41, 5.74) is 4.13. The normalized spacial score (nSPS) is 28.1. The Bertz CT molecular complexity index is 774. The minimum Gasteiger partial charge on any atom is -0.486 e. The van der Waals surface area contributed by atoms with E-state index in [4.69, 9.17) is 9.47 Å². The van der Waals surface area contributed by atoms with Crippen LogP contribution >= 0.6 is 0 Å². The van der Waals surface area contributed by atoms with Crippen molar-refractivity contribution < 1.29 is 9.47 Å². The number of hydrogen-bond acceptors (Lipinski definition) is 3. The molecule has 0 amide bonds. The number of nitrogens with one attached hydrogen (secondary N) is 1. The molecular formula is C24H31NO2. The molecule has 4 rings (SSSR count). The molecule has 1 aromatic carbocycles. The van der Waals surface area contributed by atoms with Crippen LogP contribution in [-0.4, -0.2) is 19.3 Å². The number of fused-ring (bicyclic) bond motifs is 1. The molecule has 2 aliphatic heterocycles. The first-order chi connectivity index (χ1) is 13.1. The van der Waals surface area contributed by atoms with Gasteiger partial charge >= 0.3 is 0 Å². The van der Waals surface area contributed by atoms with Crippen LogP contribution in [0.5, 0.6) is 0 Å². The smallest absolute Gasteiger partial charge is 0.164 e. The second-order valence-corrected chi connectivity index (χ2v) is 8.29. The van der Waals surface area contributed by atoms with Gasteiger partial charge in [0.25, 0.3) is 0 Å². The standard InChI is InChI=1S/C24H31NO2/c1-16(2)22-10-9-20(19-7-5-4-6-18(19)15-25-22)21-14-17(3)8-11-23-24(21)27-13-12-26-23/h4-8,11,14,16-17,20,22,25H,9-10,12-13,15H2,1-3H3. The van der Waals surface area contributed by atoms with Gasteiger partial charge in [0.15, 0.2) is 11.5 Å². The van der Waals surface area contributed by atoms with Gasteiger partial charge in [-0.2, -0.15) is 0 Å². The molecule has 1 aromatic rings. The van der Waals surface area contributed by atoms with Gasteiger partial charge in [0.05, 0.1) is 0 Å². The van der Waals surface area contributed by atoms with Crippen LogP contribution in [0.15, 0.2) is 59.6 Å². The Labute approximate surface area is 163 Å². The van der Waals surface area contributed by atoms with Crippen LogP contribution in [0.4, 0.5) is 0 Å². The molecule has 0 bridgehead atoms. The first kappa shape index (κ1) is 18.4. The van der Waals surface area contributed by atoms with E-state index in [2.05, 4.69) is 68.6 Å². The van der Waals surface area contributed by atoms with Crippen LogP contribution in [0, 0.1) is 11.8 Å². The summed E-state index contributed by atoms with van der Waals surface area (Å²) in [5.74, 6) is 3.20. The van der Waals surface area contributed by atoms with Gasteiger partial charge in [0.2, 0.25) is 0 Å². The van der Waals surface area contributed by atoms with Gasteiger partial charge < -0.3 is 14.8 Å². The number of rotatable bonds is 2. The number of hydrogen-bond donors (Lipinski definition) is 1. The molecule has 0 spiro atoms. The highest BCUT2D eigenvalue weighted by Crippen LogP contribution is 2.41. The highest BCUT2D eigenvalue weighted by molar-refractivity contribution is 5.47. The molecule has 3 aliphatic rings. The van der Waals surface area contributed by atoms with Crippen LogP contribution in [0.25, 0.3) is 0 Å². The van der Waals surface area contributed by atoms with E-state index in [1.807, 2.05) is 0 Å². The molecule has 3 nitrogen and oxygen atoms in total. The third-order valence-electron chi connectivity index (χ3n) is 6.00. The summed E-state index contributed by atoms with van der Waals surface area (Å²) in [7, 11) is 0. The Kier molecular flexibility index (Phi) is 5.40. The summed E-state index contributed by atoms with van der Waals surface area (Å²) in [6.45, 7) is 9.06. The number of ether oxygens (including phenoxy) is 2.